The number of nitrogens with one attached hydrogen (secondary N) is 1. The number of unbranched alkanes of at least 4 members (excludes halogenated alkanes) is 1. The summed E-state index contributed by atoms with van der Waals surface area (Å²) in [5.41, 5.74) is 9.75. The molecule has 1 amide bonds. The highest BCUT2D eigenvalue weighted by molar-refractivity contribution is 5.86. The molecule has 1 rings (SSSR count). The summed E-state index contributed by atoms with van der Waals surface area (Å²) >= 11 is 0. The van der Waals surface area contributed by atoms with E-state index in [-0.39, 0.29) is 11.9 Å². The van der Waals surface area contributed by atoms with Gasteiger partial charge in [-0.05, 0) is 25.2 Å². The highest BCUT2D eigenvalue weighted by Crippen LogP contribution is 2.40. The molecule has 1 aliphatic rings. The highest BCUT2D eigenvalue weighted by atomic mass is 16.9. The molecule has 1 aliphatic heterocycles. The molecule has 0 aromatic carbocycles. The van der Waals surface area contributed by atoms with E-state index >= 15 is 0 Å². The second kappa shape index (κ2) is 8.19. The molecule has 1 heterocycles. The van der Waals surface area contributed by atoms with E-state index in [1.807, 2.05) is 0 Å². The molecule has 122 valence electrons. The van der Waals surface area contributed by atoms with Gasteiger partial charge in [-0.3, -0.25) is 14.6 Å². The van der Waals surface area contributed by atoms with E-state index in [9.17, 15) is 4.79 Å². The molecule has 0 saturated carbocycles. The van der Waals surface area contributed by atoms with Gasteiger partial charge in [0.15, 0.2) is 5.96 Å². The molecule has 0 aromatic rings. The molecule has 1 fully saturated rings. The number of carbonyl (C=O) groups excluding carboxylic acids is 1. The Hall–Kier alpha value is -1.34. The van der Waals surface area contributed by atoms with Gasteiger partial charge in [0, 0.05) is 26.1 Å². The Bertz CT molecular complexity index is 368. The molecule has 0 bridgehead atoms. The van der Waals surface area contributed by atoms with Gasteiger partial charge < -0.3 is 16.8 Å². The SMILES string of the molecule is CCCN1O[C@]1(CC(C)C)C(=O)NCCCCN=C(N)N. The molecular formula is C14H29N5O2. The molecular weight excluding hydrogens is 270 g/mol. The van der Waals surface area contributed by atoms with Gasteiger partial charge in [0.25, 0.3) is 5.91 Å². The van der Waals surface area contributed by atoms with Crippen molar-refractivity contribution in [1.29, 1.82) is 0 Å². The Labute approximate surface area is 127 Å². The predicted octanol–water partition coefficient (Wildman–Crippen LogP) is 0.556. The largest absolute Gasteiger partial charge is 0.370 e. The quantitative estimate of drug-likeness (QED) is 0.236. The maximum Gasteiger partial charge on any atom is 0.271 e. The normalized spacial score (nSPS) is 23.9. The summed E-state index contributed by atoms with van der Waals surface area (Å²) in [7, 11) is 0. The first-order chi connectivity index (χ1) is 9.92. The van der Waals surface area contributed by atoms with E-state index in [1.54, 1.807) is 5.06 Å². The third kappa shape index (κ3) is 5.51. The maximum atomic E-state index is 12.3. The van der Waals surface area contributed by atoms with Crippen LogP contribution in [0.5, 0.6) is 0 Å². The smallest absolute Gasteiger partial charge is 0.271 e. The van der Waals surface area contributed by atoms with E-state index in [0.29, 0.717) is 25.4 Å². The van der Waals surface area contributed by atoms with Crippen molar-refractivity contribution in [3.05, 3.63) is 0 Å². The van der Waals surface area contributed by atoms with Gasteiger partial charge in [0.2, 0.25) is 5.72 Å². The number of nitrogens with two attached hydrogens (primary N) is 2. The number of aliphatic imine (C=N–C) groups is 1. The molecule has 0 spiro atoms. The first-order valence-corrected chi connectivity index (χ1v) is 7.73. The van der Waals surface area contributed by atoms with Crippen LogP contribution in [0.1, 0.15) is 46.5 Å². The zero-order chi connectivity index (χ0) is 15.9. The van der Waals surface area contributed by atoms with Gasteiger partial charge in [-0.25, -0.2) is 0 Å². The van der Waals surface area contributed by atoms with Crippen molar-refractivity contribution in [2.45, 2.75) is 52.2 Å². The van der Waals surface area contributed by atoms with Crippen LogP contribution in [0, 0.1) is 5.92 Å². The minimum Gasteiger partial charge on any atom is -0.370 e. The standard InChI is InChI=1S/C14H29N5O2/c1-4-9-19-14(21-19,10-11(2)3)12(20)17-7-5-6-8-18-13(15)16/h11H,4-10H2,1-3H3,(H,17,20)(H4,15,16,18)/t14-,19?/m1/s1. The second-order valence-corrected chi connectivity index (χ2v) is 5.85. The molecule has 5 N–H and O–H groups in total. The van der Waals surface area contributed by atoms with Crippen molar-refractivity contribution in [2.24, 2.45) is 22.4 Å². The fourth-order valence-electron chi connectivity index (χ4n) is 2.32. The molecule has 2 atom stereocenters. The first kappa shape index (κ1) is 17.7. The average molecular weight is 299 g/mol. The zero-order valence-electron chi connectivity index (χ0n) is 13.4. The lowest BCUT2D eigenvalue weighted by atomic mass is 10.0. The van der Waals surface area contributed by atoms with Crippen LogP contribution in [-0.4, -0.2) is 42.3 Å². The van der Waals surface area contributed by atoms with Gasteiger partial charge >= 0.3 is 0 Å². The van der Waals surface area contributed by atoms with E-state index in [1.165, 1.54) is 0 Å². The van der Waals surface area contributed by atoms with E-state index in [2.05, 4.69) is 31.1 Å². The van der Waals surface area contributed by atoms with Crippen molar-refractivity contribution in [3.8, 4) is 0 Å². The van der Waals surface area contributed by atoms with Crippen LogP contribution in [0.3, 0.4) is 0 Å². The summed E-state index contributed by atoms with van der Waals surface area (Å²) in [6.07, 6.45) is 3.36. The lowest BCUT2D eigenvalue weighted by molar-refractivity contribution is -0.127. The minimum atomic E-state index is -0.746. The summed E-state index contributed by atoms with van der Waals surface area (Å²) in [6, 6.07) is 0. The van der Waals surface area contributed by atoms with Crippen LogP contribution in [0.2, 0.25) is 0 Å². The van der Waals surface area contributed by atoms with Gasteiger partial charge in [-0.2, -0.15) is 0 Å². The van der Waals surface area contributed by atoms with Crippen molar-refractivity contribution >= 4 is 11.9 Å². The molecule has 7 nitrogen and oxygen atoms in total. The lowest BCUT2D eigenvalue weighted by Crippen LogP contribution is -2.41. The van der Waals surface area contributed by atoms with E-state index in [0.717, 1.165) is 25.8 Å². The Morgan fingerprint density at radius 2 is 2.10 bits per heavy atom. The summed E-state index contributed by atoms with van der Waals surface area (Å²) < 4.78 is 0. The van der Waals surface area contributed by atoms with Gasteiger partial charge in [-0.15, -0.1) is 5.06 Å². The maximum absolute atomic E-state index is 12.3. The van der Waals surface area contributed by atoms with Crippen LogP contribution < -0.4 is 16.8 Å². The Morgan fingerprint density at radius 1 is 1.38 bits per heavy atom. The zero-order valence-corrected chi connectivity index (χ0v) is 13.4. The van der Waals surface area contributed by atoms with E-state index in [4.69, 9.17) is 16.3 Å². The van der Waals surface area contributed by atoms with Crippen molar-refractivity contribution < 1.29 is 9.63 Å². The summed E-state index contributed by atoms with van der Waals surface area (Å²) in [4.78, 5) is 21.8. The van der Waals surface area contributed by atoms with Gasteiger partial charge in [-0.1, -0.05) is 20.8 Å². The molecule has 7 heteroatoms. The average Bonchev–Trinajstić information content (AvgIpc) is 3.06. The fourth-order valence-corrected chi connectivity index (χ4v) is 2.32. The number of amides is 1. The van der Waals surface area contributed by atoms with Gasteiger partial charge in [0.1, 0.15) is 0 Å². The van der Waals surface area contributed by atoms with Crippen LogP contribution in [0.15, 0.2) is 4.99 Å². The molecule has 1 saturated heterocycles. The topological polar surface area (TPSA) is 109 Å². The second-order valence-electron chi connectivity index (χ2n) is 5.85. The predicted molar refractivity (Wildman–Crippen MR) is 83.2 cm³/mol. The number of hydrogen-bond donors (Lipinski definition) is 3. The molecule has 21 heavy (non-hydrogen) atoms. The summed E-state index contributed by atoms with van der Waals surface area (Å²) in [5, 5.41) is 4.74. The molecule has 0 radical (unpaired) electrons. The Balaban J connectivity index is 2.33. The van der Waals surface area contributed by atoms with Crippen LogP contribution in [0.4, 0.5) is 0 Å². The lowest BCUT2D eigenvalue weighted by Gasteiger charge is -2.14. The highest BCUT2D eigenvalue weighted by Gasteiger charge is 2.60. The van der Waals surface area contributed by atoms with Crippen molar-refractivity contribution in [2.75, 3.05) is 19.6 Å². The van der Waals surface area contributed by atoms with Gasteiger partial charge in [0.05, 0.1) is 0 Å². The summed E-state index contributed by atoms with van der Waals surface area (Å²) in [5.74, 6) is 0.475. The number of carbonyl (C=O) groups is 1. The van der Waals surface area contributed by atoms with Crippen LogP contribution in [-0.2, 0) is 9.63 Å². The number of rotatable bonds is 10. The number of nitrogens with zero attached hydrogens (tertiary/aromatic N) is 2. The Kier molecular flexibility index (Phi) is 6.91. The fraction of sp³-hybridized carbons (Fsp3) is 0.857. The number of hydrogen-bond acceptors (Lipinski definition) is 4. The van der Waals surface area contributed by atoms with E-state index < -0.39 is 5.72 Å². The van der Waals surface area contributed by atoms with Crippen LogP contribution in [0.25, 0.3) is 0 Å². The third-order valence-corrected chi connectivity index (χ3v) is 3.26. The monoisotopic (exact) mass is 299 g/mol. The molecule has 0 aromatic heterocycles. The summed E-state index contributed by atoms with van der Waals surface area (Å²) in [6.45, 7) is 8.25. The number of hydroxylamine groups is 2. The third-order valence-electron chi connectivity index (χ3n) is 3.26. The molecule has 1 unspecified atom stereocenters. The Morgan fingerprint density at radius 3 is 2.67 bits per heavy atom. The van der Waals surface area contributed by atoms with Crippen LogP contribution >= 0.6 is 0 Å². The first-order valence-electron chi connectivity index (χ1n) is 7.73. The minimum absolute atomic E-state index is 0.0357. The number of guanidine groups is 1. The van der Waals surface area contributed by atoms with Crippen molar-refractivity contribution in [3.63, 3.8) is 0 Å². The molecule has 0 aliphatic carbocycles. The van der Waals surface area contributed by atoms with Crippen molar-refractivity contribution in [1.82, 2.24) is 10.4 Å².